The molecule has 0 saturated carbocycles. The summed E-state index contributed by atoms with van der Waals surface area (Å²) in [5.41, 5.74) is 2.31. The predicted octanol–water partition coefficient (Wildman–Crippen LogP) is 2.02. The standard InChI is InChI=1S/C14H18N4O2/c1-4-20-14(19)13-15-16-17-18(13)9-11-5-7-12(8-6-11)10(2)3/h5-8,10H,4,9H2,1-3H3. The van der Waals surface area contributed by atoms with E-state index in [0.29, 0.717) is 19.1 Å². The van der Waals surface area contributed by atoms with E-state index in [1.165, 1.54) is 10.2 Å². The SMILES string of the molecule is CCOC(=O)c1nnnn1Cc1ccc(C(C)C)cc1. The molecule has 2 aromatic rings. The van der Waals surface area contributed by atoms with Gasteiger partial charge in [-0.2, -0.15) is 0 Å². The van der Waals surface area contributed by atoms with Crippen LogP contribution in [-0.4, -0.2) is 32.8 Å². The van der Waals surface area contributed by atoms with E-state index in [2.05, 4.69) is 41.5 Å². The first kappa shape index (κ1) is 14.2. The van der Waals surface area contributed by atoms with Crippen molar-refractivity contribution in [3.8, 4) is 0 Å². The van der Waals surface area contributed by atoms with Crippen LogP contribution in [-0.2, 0) is 11.3 Å². The summed E-state index contributed by atoms with van der Waals surface area (Å²) in [5, 5.41) is 11.1. The second-order valence-corrected chi connectivity index (χ2v) is 4.78. The molecule has 1 aromatic carbocycles. The Bertz CT molecular complexity index is 575. The highest BCUT2D eigenvalue weighted by molar-refractivity contribution is 5.85. The maximum Gasteiger partial charge on any atom is 0.378 e. The Morgan fingerprint density at radius 2 is 2.00 bits per heavy atom. The smallest absolute Gasteiger partial charge is 0.378 e. The van der Waals surface area contributed by atoms with Crippen LogP contribution in [0.15, 0.2) is 24.3 Å². The Morgan fingerprint density at radius 1 is 1.30 bits per heavy atom. The van der Waals surface area contributed by atoms with Crippen molar-refractivity contribution in [1.29, 1.82) is 0 Å². The van der Waals surface area contributed by atoms with Crippen LogP contribution >= 0.6 is 0 Å². The molecule has 0 N–H and O–H groups in total. The lowest BCUT2D eigenvalue weighted by atomic mass is 10.0. The Kier molecular flexibility index (Phi) is 4.45. The van der Waals surface area contributed by atoms with Crippen LogP contribution in [0.2, 0.25) is 0 Å². The quantitative estimate of drug-likeness (QED) is 0.780. The largest absolute Gasteiger partial charge is 0.460 e. The third kappa shape index (κ3) is 3.20. The molecule has 0 aliphatic carbocycles. The summed E-state index contributed by atoms with van der Waals surface area (Å²) in [7, 11) is 0. The molecule has 1 aromatic heterocycles. The number of carbonyl (C=O) groups excluding carboxylic acids is 1. The van der Waals surface area contributed by atoms with Crippen molar-refractivity contribution >= 4 is 5.97 Å². The fourth-order valence-corrected chi connectivity index (χ4v) is 1.83. The van der Waals surface area contributed by atoms with E-state index < -0.39 is 5.97 Å². The van der Waals surface area contributed by atoms with Gasteiger partial charge in [0.2, 0.25) is 0 Å². The van der Waals surface area contributed by atoms with Gasteiger partial charge in [-0.05, 0) is 34.4 Å². The topological polar surface area (TPSA) is 69.9 Å². The van der Waals surface area contributed by atoms with Gasteiger partial charge in [-0.3, -0.25) is 0 Å². The predicted molar refractivity (Wildman–Crippen MR) is 73.4 cm³/mol. The number of aromatic nitrogens is 4. The molecule has 0 atom stereocenters. The molecule has 0 radical (unpaired) electrons. The van der Waals surface area contributed by atoms with Gasteiger partial charge in [-0.25, -0.2) is 9.48 Å². The number of nitrogens with zero attached hydrogens (tertiary/aromatic N) is 4. The molecule has 0 aliphatic rings. The van der Waals surface area contributed by atoms with Crippen LogP contribution in [0.3, 0.4) is 0 Å². The number of rotatable bonds is 5. The molecule has 0 spiro atoms. The third-order valence-corrected chi connectivity index (χ3v) is 2.97. The summed E-state index contributed by atoms with van der Waals surface area (Å²) in [4.78, 5) is 11.7. The maximum absolute atomic E-state index is 11.7. The first-order chi connectivity index (χ1) is 9.61. The van der Waals surface area contributed by atoms with Crippen molar-refractivity contribution in [1.82, 2.24) is 20.2 Å². The van der Waals surface area contributed by atoms with E-state index in [1.54, 1.807) is 6.92 Å². The Labute approximate surface area is 117 Å². The normalized spacial score (nSPS) is 10.8. The van der Waals surface area contributed by atoms with E-state index in [9.17, 15) is 4.79 Å². The van der Waals surface area contributed by atoms with Crippen molar-refractivity contribution in [2.75, 3.05) is 6.61 Å². The summed E-state index contributed by atoms with van der Waals surface area (Å²) in [6, 6.07) is 8.20. The number of benzene rings is 1. The lowest BCUT2D eigenvalue weighted by Crippen LogP contribution is -2.15. The molecule has 0 unspecified atom stereocenters. The molecular formula is C14H18N4O2. The van der Waals surface area contributed by atoms with Crippen LogP contribution in [0.25, 0.3) is 0 Å². The first-order valence-electron chi connectivity index (χ1n) is 6.64. The van der Waals surface area contributed by atoms with E-state index in [4.69, 9.17) is 4.74 Å². The van der Waals surface area contributed by atoms with Crippen LogP contribution in [0, 0.1) is 0 Å². The second-order valence-electron chi connectivity index (χ2n) is 4.78. The van der Waals surface area contributed by atoms with Gasteiger partial charge in [0.25, 0.3) is 5.82 Å². The molecule has 2 rings (SSSR count). The minimum Gasteiger partial charge on any atom is -0.460 e. The average Bonchev–Trinajstić information content (AvgIpc) is 2.88. The highest BCUT2D eigenvalue weighted by Gasteiger charge is 2.16. The minimum atomic E-state index is -0.503. The summed E-state index contributed by atoms with van der Waals surface area (Å²) in [6.45, 7) is 6.79. The molecule has 1 heterocycles. The molecular weight excluding hydrogens is 256 g/mol. The van der Waals surface area contributed by atoms with E-state index in [0.717, 1.165) is 5.56 Å². The van der Waals surface area contributed by atoms with Crippen LogP contribution < -0.4 is 0 Å². The molecule has 0 aliphatic heterocycles. The number of esters is 1. The Morgan fingerprint density at radius 3 is 2.60 bits per heavy atom. The van der Waals surface area contributed by atoms with E-state index in [1.807, 2.05) is 12.1 Å². The fraction of sp³-hybridized carbons (Fsp3) is 0.429. The van der Waals surface area contributed by atoms with Gasteiger partial charge in [0.05, 0.1) is 13.2 Å². The van der Waals surface area contributed by atoms with Gasteiger partial charge < -0.3 is 4.74 Å². The number of tetrazole rings is 1. The van der Waals surface area contributed by atoms with Gasteiger partial charge in [-0.1, -0.05) is 38.1 Å². The van der Waals surface area contributed by atoms with E-state index in [-0.39, 0.29) is 5.82 Å². The molecule has 0 amide bonds. The summed E-state index contributed by atoms with van der Waals surface area (Å²) >= 11 is 0. The van der Waals surface area contributed by atoms with Crippen molar-refractivity contribution in [2.45, 2.75) is 33.2 Å². The fourth-order valence-electron chi connectivity index (χ4n) is 1.83. The molecule has 6 heteroatoms. The molecule has 20 heavy (non-hydrogen) atoms. The lowest BCUT2D eigenvalue weighted by Gasteiger charge is -2.07. The van der Waals surface area contributed by atoms with Gasteiger partial charge >= 0.3 is 5.97 Å². The summed E-state index contributed by atoms with van der Waals surface area (Å²) in [5.74, 6) is 0.114. The van der Waals surface area contributed by atoms with Crippen LogP contribution in [0.1, 0.15) is 48.4 Å². The van der Waals surface area contributed by atoms with Gasteiger partial charge in [-0.15, -0.1) is 5.10 Å². The lowest BCUT2D eigenvalue weighted by molar-refractivity contribution is 0.0505. The number of carbonyl (C=O) groups is 1. The zero-order chi connectivity index (χ0) is 14.5. The van der Waals surface area contributed by atoms with Gasteiger partial charge in [0.1, 0.15) is 0 Å². The van der Waals surface area contributed by atoms with E-state index >= 15 is 0 Å². The number of hydrogen-bond donors (Lipinski definition) is 0. The highest BCUT2D eigenvalue weighted by atomic mass is 16.5. The van der Waals surface area contributed by atoms with Gasteiger partial charge in [0.15, 0.2) is 0 Å². The zero-order valence-electron chi connectivity index (χ0n) is 11.9. The summed E-state index contributed by atoms with van der Waals surface area (Å²) < 4.78 is 6.36. The van der Waals surface area contributed by atoms with Crippen molar-refractivity contribution in [3.05, 3.63) is 41.2 Å². The van der Waals surface area contributed by atoms with Crippen LogP contribution in [0.5, 0.6) is 0 Å². The van der Waals surface area contributed by atoms with Crippen LogP contribution in [0.4, 0.5) is 0 Å². The monoisotopic (exact) mass is 274 g/mol. The van der Waals surface area contributed by atoms with Crippen molar-refractivity contribution in [3.63, 3.8) is 0 Å². The highest BCUT2D eigenvalue weighted by Crippen LogP contribution is 2.15. The number of hydrogen-bond acceptors (Lipinski definition) is 5. The molecule has 0 saturated heterocycles. The van der Waals surface area contributed by atoms with Crippen molar-refractivity contribution in [2.24, 2.45) is 0 Å². The third-order valence-electron chi connectivity index (χ3n) is 2.97. The van der Waals surface area contributed by atoms with Gasteiger partial charge in [0, 0.05) is 0 Å². The zero-order valence-corrected chi connectivity index (χ0v) is 11.9. The maximum atomic E-state index is 11.7. The summed E-state index contributed by atoms with van der Waals surface area (Å²) in [6.07, 6.45) is 0. The minimum absolute atomic E-state index is 0.125. The molecule has 106 valence electrons. The Balaban J connectivity index is 2.14. The second kappa shape index (κ2) is 6.27. The molecule has 6 nitrogen and oxygen atoms in total. The first-order valence-corrected chi connectivity index (χ1v) is 6.64. The Hall–Kier alpha value is -2.24. The average molecular weight is 274 g/mol. The molecule has 0 bridgehead atoms. The van der Waals surface area contributed by atoms with Crippen molar-refractivity contribution < 1.29 is 9.53 Å². The number of ether oxygens (including phenoxy) is 1. The molecule has 0 fully saturated rings.